The van der Waals surface area contributed by atoms with Crippen molar-refractivity contribution in [3.63, 3.8) is 0 Å². The molecule has 1 saturated heterocycles. The second-order valence-corrected chi connectivity index (χ2v) is 7.28. The van der Waals surface area contributed by atoms with E-state index >= 15 is 0 Å². The number of carbonyl (C=O) groups excluding carboxylic acids is 1. The first-order chi connectivity index (χ1) is 12.2. The number of nitrogens with zero attached hydrogens (tertiary/aromatic N) is 2. The molecule has 1 aromatic carbocycles. The Labute approximate surface area is 149 Å². The van der Waals surface area contributed by atoms with E-state index in [0.29, 0.717) is 30.6 Å². The van der Waals surface area contributed by atoms with Crippen molar-refractivity contribution in [2.24, 2.45) is 5.92 Å². The Balaban J connectivity index is 1.50. The summed E-state index contributed by atoms with van der Waals surface area (Å²) in [5.74, 6) is 0.351. The summed E-state index contributed by atoms with van der Waals surface area (Å²) in [6.07, 6.45) is 6.28. The number of likely N-dealkylation sites (tertiary alicyclic amines) is 1. The predicted octanol–water partition coefficient (Wildman–Crippen LogP) is 2.19. The standard InChI is InChI=1S/C20H27N3O2/c21-12-15-7-9-16(10-8-15)13-22-20(25)14-23-11-3-5-18(23)17-4-1-2-6-19(17)24/h7-10,17-19,24H,1-6,11,13-14H2,(H,22,25)/t17-,18+,19+/m0/s1. The molecular weight excluding hydrogens is 314 g/mol. The highest BCUT2D eigenvalue weighted by Gasteiger charge is 2.37. The monoisotopic (exact) mass is 341 g/mol. The van der Waals surface area contributed by atoms with E-state index in [1.54, 1.807) is 12.1 Å². The number of hydrogen-bond donors (Lipinski definition) is 2. The number of carbonyl (C=O) groups is 1. The van der Waals surface area contributed by atoms with Crippen molar-refractivity contribution in [1.29, 1.82) is 5.26 Å². The predicted molar refractivity (Wildman–Crippen MR) is 95.6 cm³/mol. The molecule has 0 radical (unpaired) electrons. The van der Waals surface area contributed by atoms with Gasteiger partial charge in [-0.1, -0.05) is 25.0 Å². The van der Waals surface area contributed by atoms with Crippen LogP contribution < -0.4 is 5.32 Å². The van der Waals surface area contributed by atoms with Gasteiger partial charge >= 0.3 is 0 Å². The number of aliphatic hydroxyl groups is 1. The third-order valence-electron chi connectivity index (χ3n) is 5.61. The molecule has 5 nitrogen and oxygen atoms in total. The number of rotatable bonds is 5. The second kappa shape index (κ2) is 8.46. The number of nitrogens with one attached hydrogen (secondary N) is 1. The maximum Gasteiger partial charge on any atom is 0.234 e. The Morgan fingerprint density at radius 2 is 1.96 bits per heavy atom. The summed E-state index contributed by atoms with van der Waals surface area (Å²) in [6, 6.07) is 9.71. The van der Waals surface area contributed by atoms with Gasteiger partial charge in [0.15, 0.2) is 0 Å². The summed E-state index contributed by atoms with van der Waals surface area (Å²) < 4.78 is 0. The van der Waals surface area contributed by atoms with Crippen molar-refractivity contribution >= 4 is 5.91 Å². The van der Waals surface area contributed by atoms with Gasteiger partial charge in [0, 0.05) is 18.5 Å². The number of nitriles is 1. The second-order valence-electron chi connectivity index (χ2n) is 7.28. The normalized spacial score (nSPS) is 27.0. The van der Waals surface area contributed by atoms with Crippen LogP contribution >= 0.6 is 0 Å². The Morgan fingerprint density at radius 3 is 2.68 bits per heavy atom. The van der Waals surface area contributed by atoms with Crippen LogP contribution in [0.15, 0.2) is 24.3 Å². The number of aliphatic hydroxyl groups excluding tert-OH is 1. The molecule has 1 heterocycles. The molecule has 0 bridgehead atoms. The summed E-state index contributed by atoms with van der Waals surface area (Å²) in [4.78, 5) is 14.6. The highest BCUT2D eigenvalue weighted by Crippen LogP contribution is 2.34. The van der Waals surface area contributed by atoms with Crippen LogP contribution in [-0.2, 0) is 11.3 Å². The molecule has 3 rings (SSSR count). The molecule has 5 heteroatoms. The van der Waals surface area contributed by atoms with Gasteiger partial charge in [-0.3, -0.25) is 9.69 Å². The minimum absolute atomic E-state index is 0.0292. The molecule has 1 saturated carbocycles. The Morgan fingerprint density at radius 1 is 1.20 bits per heavy atom. The fourth-order valence-corrected chi connectivity index (χ4v) is 4.26. The summed E-state index contributed by atoms with van der Waals surface area (Å²) >= 11 is 0. The zero-order valence-electron chi connectivity index (χ0n) is 14.7. The summed E-state index contributed by atoms with van der Waals surface area (Å²) in [7, 11) is 0. The van der Waals surface area contributed by atoms with Crippen LogP contribution in [0.4, 0.5) is 0 Å². The van der Waals surface area contributed by atoms with Gasteiger partial charge in [0.25, 0.3) is 0 Å². The van der Waals surface area contributed by atoms with E-state index in [1.165, 1.54) is 6.42 Å². The van der Waals surface area contributed by atoms with Crippen LogP contribution in [0.3, 0.4) is 0 Å². The van der Waals surface area contributed by atoms with Crippen LogP contribution in [0.1, 0.15) is 49.7 Å². The van der Waals surface area contributed by atoms with Gasteiger partial charge in [-0.15, -0.1) is 0 Å². The SMILES string of the molecule is N#Cc1ccc(CNC(=O)CN2CCC[C@@H]2[C@@H]2CCCC[C@H]2O)cc1. The van der Waals surface area contributed by atoms with Crippen molar-refractivity contribution in [3.05, 3.63) is 35.4 Å². The third kappa shape index (κ3) is 4.59. The number of benzene rings is 1. The lowest BCUT2D eigenvalue weighted by atomic mass is 9.80. The van der Waals surface area contributed by atoms with E-state index < -0.39 is 0 Å². The summed E-state index contributed by atoms with van der Waals surface area (Å²) in [6.45, 7) is 1.83. The largest absolute Gasteiger partial charge is 0.393 e. The van der Waals surface area contributed by atoms with E-state index in [2.05, 4.69) is 16.3 Å². The topological polar surface area (TPSA) is 76.4 Å². The average Bonchev–Trinajstić information content (AvgIpc) is 3.08. The lowest BCUT2D eigenvalue weighted by molar-refractivity contribution is -0.123. The van der Waals surface area contributed by atoms with Crippen LogP contribution in [0.25, 0.3) is 0 Å². The van der Waals surface area contributed by atoms with E-state index in [9.17, 15) is 9.90 Å². The molecule has 134 valence electrons. The maximum absolute atomic E-state index is 12.3. The van der Waals surface area contributed by atoms with E-state index in [-0.39, 0.29) is 12.0 Å². The van der Waals surface area contributed by atoms with E-state index in [1.807, 2.05) is 12.1 Å². The van der Waals surface area contributed by atoms with Gasteiger partial charge in [0.2, 0.25) is 5.91 Å². The summed E-state index contributed by atoms with van der Waals surface area (Å²) in [5.41, 5.74) is 1.62. The first kappa shape index (κ1) is 17.9. The average molecular weight is 341 g/mol. The fraction of sp³-hybridized carbons (Fsp3) is 0.600. The summed E-state index contributed by atoms with van der Waals surface area (Å²) in [5, 5.41) is 22.1. The zero-order valence-corrected chi connectivity index (χ0v) is 14.7. The first-order valence-electron chi connectivity index (χ1n) is 9.35. The van der Waals surface area contributed by atoms with Gasteiger partial charge in [-0.25, -0.2) is 0 Å². The van der Waals surface area contributed by atoms with Gasteiger partial charge in [0.05, 0.1) is 24.3 Å². The highest BCUT2D eigenvalue weighted by molar-refractivity contribution is 5.78. The van der Waals surface area contributed by atoms with Crippen molar-refractivity contribution in [2.75, 3.05) is 13.1 Å². The van der Waals surface area contributed by atoms with Crippen molar-refractivity contribution < 1.29 is 9.90 Å². The highest BCUT2D eigenvalue weighted by atomic mass is 16.3. The Hall–Kier alpha value is -1.90. The quantitative estimate of drug-likeness (QED) is 0.861. The van der Waals surface area contributed by atoms with Crippen LogP contribution in [0.5, 0.6) is 0 Å². The molecule has 1 aliphatic carbocycles. The molecule has 1 amide bonds. The molecule has 0 unspecified atom stereocenters. The van der Waals surface area contributed by atoms with Crippen molar-refractivity contribution in [2.45, 2.75) is 57.2 Å². The van der Waals surface area contributed by atoms with E-state index in [4.69, 9.17) is 5.26 Å². The number of hydrogen-bond acceptors (Lipinski definition) is 4. The molecule has 2 fully saturated rings. The smallest absolute Gasteiger partial charge is 0.234 e. The molecule has 1 aliphatic heterocycles. The Bertz CT molecular complexity index is 623. The Kier molecular flexibility index (Phi) is 6.06. The first-order valence-corrected chi connectivity index (χ1v) is 9.35. The van der Waals surface area contributed by atoms with Gasteiger partial charge in [-0.2, -0.15) is 5.26 Å². The van der Waals surface area contributed by atoms with Gasteiger partial charge < -0.3 is 10.4 Å². The zero-order chi connectivity index (χ0) is 17.6. The van der Waals surface area contributed by atoms with Crippen molar-refractivity contribution in [1.82, 2.24) is 10.2 Å². The molecule has 25 heavy (non-hydrogen) atoms. The third-order valence-corrected chi connectivity index (χ3v) is 5.61. The van der Waals surface area contributed by atoms with Crippen LogP contribution in [0, 0.1) is 17.2 Å². The molecule has 3 atom stereocenters. The minimum atomic E-state index is -0.207. The van der Waals surface area contributed by atoms with Gasteiger partial charge in [0.1, 0.15) is 0 Å². The van der Waals surface area contributed by atoms with Crippen LogP contribution in [-0.4, -0.2) is 41.1 Å². The molecule has 1 aromatic rings. The molecule has 2 N–H and O–H groups in total. The van der Waals surface area contributed by atoms with Crippen LogP contribution in [0.2, 0.25) is 0 Å². The lowest BCUT2D eigenvalue weighted by Crippen LogP contribution is -2.46. The fourth-order valence-electron chi connectivity index (χ4n) is 4.26. The molecule has 2 aliphatic rings. The lowest BCUT2D eigenvalue weighted by Gasteiger charge is -2.37. The molecule has 0 aromatic heterocycles. The number of amides is 1. The van der Waals surface area contributed by atoms with Gasteiger partial charge in [-0.05, 0) is 49.9 Å². The molecule has 0 spiro atoms. The maximum atomic E-state index is 12.3. The van der Waals surface area contributed by atoms with Crippen molar-refractivity contribution in [3.8, 4) is 6.07 Å². The van der Waals surface area contributed by atoms with E-state index in [0.717, 1.165) is 44.2 Å². The molecular formula is C20H27N3O2. The minimum Gasteiger partial charge on any atom is -0.393 e.